The summed E-state index contributed by atoms with van der Waals surface area (Å²) in [5.41, 5.74) is 2.15. The van der Waals surface area contributed by atoms with Crippen molar-refractivity contribution in [3.8, 4) is 0 Å². The topological polar surface area (TPSA) is 60.8 Å². The van der Waals surface area contributed by atoms with Crippen LogP contribution in [0.3, 0.4) is 0 Å². The van der Waals surface area contributed by atoms with Crippen LogP contribution in [0, 0.1) is 0 Å². The van der Waals surface area contributed by atoms with Crippen molar-refractivity contribution >= 4 is 5.91 Å². The van der Waals surface area contributed by atoms with Crippen molar-refractivity contribution < 1.29 is 15.0 Å². The van der Waals surface area contributed by atoms with Gasteiger partial charge in [-0.1, -0.05) is 24.3 Å². The molecule has 1 aromatic rings. The van der Waals surface area contributed by atoms with Crippen molar-refractivity contribution in [2.24, 2.45) is 0 Å². The van der Waals surface area contributed by atoms with E-state index in [1.165, 1.54) is 5.56 Å². The van der Waals surface area contributed by atoms with Crippen molar-refractivity contribution in [1.82, 2.24) is 4.90 Å². The Morgan fingerprint density at radius 2 is 2.12 bits per heavy atom. The first-order chi connectivity index (χ1) is 7.77. The molecule has 1 atom stereocenters. The summed E-state index contributed by atoms with van der Waals surface area (Å²) >= 11 is 0. The third-order valence-corrected chi connectivity index (χ3v) is 3.04. The molecule has 4 heteroatoms. The Morgan fingerprint density at radius 3 is 2.81 bits per heavy atom. The highest BCUT2D eigenvalue weighted by Crippen LogP contribution is 2.28. The fourth-order valence-electron chi connectivity index (χ4n) is 2.24. The van der Waals surface area contributed by atoms with Gasteiger partial charge in [-0.05, 0) is 17.5 Å². The number of fused-ring (bicyclic) bond motifs is 1. The summed E-state index contributed by atoms with van der Waals surface area (Å²) in [5, 5.41) is 18.3. The SMILES string of the molecule is O=C(CO)N1CCc2ccccc2[C@@H]1CO. The Balaban J connectivity index is 2.33. The number of carbonyl (C=O) groups is 1. The molecule has 0 unspecified atom stereocenters. The highest BCUT2D eigenvalue weighted by Gasteiger charge is 2.29. The van der Waals surface area contributed by atoms with Gasteiger partial charge in [0.15, 0.2) is 0 Å². The minimum atomic E-state index is -0.501. The maximum atomic E-state index is 11.5. The second-order valence-corrected chi connectivity index (χ2v) is 3.89. The molecule has 2 N–H and O–H groups in total. The summed E-state index contributed by atoms with van der Waals surface area (Å²) in [6.45, 7) is -0.0525. The molecular weight excluding hydrogens is 206 g/mol. The van der Waals surface area contributed by atoms with Gasteiger partial charge in [0.05, 0.1) is 12.6 Å². The lowest BCUT2D eigenvalue weighted by molar-refractivity contribution is -0.138. The van der Waals surface area contributed by atoms with Gasteiger partial charge < -0.3 is 15.1 Å². The maximum absolute atomic E-state index is 11.5. The Kier molecular flexibility index (Phi) is 3.22. The van der Waals surface area contributed by atoms with Crippen LogP contribution in [0.1, 0.15) is 17.2 Å². The summed E-state index contributed by atoms with van der Waals surface area (Å²) in [7, 11) is 0. The first-order valence-corrected chi connectivity index (χ1v) is 5.37. The molecule has 0 spiro atoms. The molecule has 1 amide bonds. The molecule has 0 aliphatic carbocycles. The van der Waals surface area contributed by atoms with E-state index in [1.54, 1.807) is 4.90 Å². The Bertz CT molecular complexity index is 392. The molecule has 0 bridgehead atoms. The van der Waals surface area contributed by atoms with Crippen LogP contribution in [0.25, 0.3) is 0 Å². The molecule has 0 radical (unpaired) electrons. The summed E-state index contributed by atoms with van der Waals surface area (Å²) in [5.74, 6) is -0.325. The third-order valence-electron chi connectivity index (χ3n) is 3.04. The van der Waals surface area contributed by atoms with Crippen LogP contribution < -0.4 is 0 Å². The molecule has 16 heavy (non-hydrogen) atoms. The zero-order chi connectivity index (χ0) is 11.5. The number of nitrogens with zero attached hydrogens (tertiary/aromatic N) is 1. The summed E-state index contributed by atoms with van der Waals surface area (Å²) < 4.78 is 0. The first-order valence-electron chi connectivity index (χ1n) is 5.37. The molecule has 0 aromatic heterocycles. The monoisotopic (exact) mass is 221 g/mol. The van der Waals surface area contributed by atoms with Crippen molar-refractivity contribution in [3.05, 3.63) is 35.4 Å². The molecule has 1 aromatic carbocycles. The zero-order valence-corrected chi connectivity index (χ0v) is 8.97. The second kappa shape index (κ2) is 4.63. The van der Waals surface area contributed by atoms with Gasteiger partial charge >= 0.3 is 0 Å². The molecule has 2 rings (SSSR count). The summed E-state index contributed by atoms with van der Waals surface area (Å²) in [6.07, 6.45) is 0.776. The lowest BCUT2D eigenvalue weighted by Crippen LogP contribution is -2.42. The zero-order valence-electron chi connectivity index (χ0n) is 8.97. The van der Waals surface area contributed by atoms with E-state index in [2.05, 4.69) is 0 Å². The van der Waals surface area contributed by atoms with Gasteiger partial charge in [0, 0.05) is 6.54 Å². The minimum absolute atomic E-state index is 0.108. The van der Waals surface area contributed by atoms with E-state index in [9.17, 15) is 9.90 Å². The first kappa shape index (κ1) is 11.1. The van der Waals surface area contributed by atoms with Crippen LogP contribution >= 0.6 is 0 Å². The van der Waals surface area contributed by atoms with E-state index in [0.29, 0.717) is 6.54 Å². The number of hydrogen-bond acceptors (Lipinski definition) is 3. The quantitative estimate of drug-likeness (QED) is 0.744. The highest BCUT2D eigenvalue weighted by molar-refractivity contribution is 5.78. The van der Waals surface area contributed by atoms with Crippen LogP contribution in [-0.4, -0.2) is 40.8 Å². The second-order valence-electron chi connectivity index (χ2n) is 3.89. The maximum Gasteiger partial charge on any atom is 0.248 e. The van der Waals surface area contributed by atoms with Crippen LogP contribution in [0.4, 0.5) is 0 Å². The number of aliphatic hydroxyl groups is 2. The Morgan fingerprint density at radius 1 is 1.38 bits per heavy atom. The number of benzene rings is 1. The fraction of sp³-hybridized carbons (Fsp3) is 0.417. The van der Waals surface area contributed by atoms with Gasteiger partial charge in [-0.25, -0.2) is 0 Å². The smallest absolute Gasteiger partial charge is 0.248 e. The molecule has 0 saturated carbocycles. The molecule has 1 aliphatic rings. The molecule has 0 saturated heterocycles. The summed E-state index contributed by atoms with van der Waals surface area (Å²) in [6, 6.07) is 7.47. The lowest BCUT2D eigenvalue weighted by Gasteiger charge is -2.36. The van der Waals surface area contributed by atoms with Crippen molar-refractivity contribution in [2.75, 3.05) is 19.8 Å². The third kappa shape index (κ3) is 1.81. The number of aliphatic hydroxyl groups excluding tert-OH is 2. The highest BCUT2D eigenvalue weighted by atomic mass is 16.3. The predicted octanol–water partition coefficient (Wildman–Crippen LogP) is 0.0970. The molecule has 4 nitrogen and oxygen atoms in total. The Hall–Kier alpha value is -1.39. The normalized spacial score (nSPS) is 19.4. The van der Waals surface area contributed by atoms with E-state index >= 15 is 0 Å². The van der Waals surface area contributed by atoms with E-state index in [0.717, 1.165) is 12.0 Å². The van der Waals surface area contributed by atoms with Gasteiger partial charge in [0.2, 0.25) is 5.91 Å². The van der Waals surface area contributed by atoms with Crippen LogP contribution in [0.2, 0.25) is 0 Å². The largest absolute Gasteiger partial charge is 0.394 e. The van der Waals surface area contributed by atoms with Crippen molar-refractivity contribution in [2.45, 2.75) is 12.5 Å². The van der Waals surface area contributed by atoms with E-state index in [4.69, 9.17) is 5.11 Å². The van der Waals surface area contributed by atoms with Crippen molar-refractivity contribution in [1.29, 1.82) is 0 Å². The van der Waals surface area contributed by atoms with Gasteiger partial charge in [-0.3, -0.25) is 4.79 Å². The average molecular weight is 221 g/mol. The van der Waals surface area contributed by atoms with Gasteiger partial charge in [0.25, 0.3) is 0 Å². The van der Waals surface area contributed by atoms with E-state index in [-0.39, 0.29) is 18.6 Å². The Labute approximate surface area is 94.1 Å². The predicted molar refractivity (Wildman–Crippen MR) is 58.8 cm³/mol. The minimum Gasteiger partial charge on any atom is -0.394 e. The van der Waals surface area contributed by atoms with Crippen LogP contribution in [0.5, 0.6) is 0 Å². The number of hydrogen-bond donors (Lipinski definition) is 2. The lowest BCUT2D eigenvalue weighted by atomic mass is 9.93. The average Bonchev–Trinajstić information content (AvgIpc) is 2.36. The molecular formula is C12H15NO3. The number of amides is 1. The standard InChI is InChI=1S/C12H15NO3/c14-7-11-10-4-2-1-3-9(10)5-6-13(11)12(16)8-15/h1-4,11,14-15H,5-8H2/t11-/m0/s1. The van der Waals surface area contributed by atoms with Crippen LogP contribution in [-0.2, 0) is 11.2 Å². The van der Waals surface area contributed by atoms with Crippen molar-refractivity contribution in [3.63, 3.8) is 0 Å². The molecule has 1 heterocycles. The van der Waals surface area contributed by atoms with E-state index in [1.807, 2.05) is 24.3 Å². The van der Waals surface area contributed by atoms with Gasteiger partial charge in [0.1, 0.15) is 6.61 Å². The molecule has 86 valence electrons. The number of rotatable bonds is 2. The van der Waals surface area contributed by atoms with Gasteiger partial charge in [-0.2, -0.15) is 0 Å². The summed E-state index contributed by atoms with van der Waals surface area (Å²) in [4.78, 5) is 13.1. The van der Waals surface area contributed by atoms with Gasteiger partial charge in [-0.15, -0.1) is 0 Å². The molecule has 0 fully saturated rings. The molecule has 1 aliphatic heterocycles. The van der Waals surface area contributed by atoms with Crippen LogP contribution in [0.15, 0.2) is 24.3 Å². The number of carbonyl (C=O) groups excluding carboxylic acids is 1. The van der Waals surface area contributed by atoms with E-state index < -0.39 is 6.61 Å². The fourth-order valence-corrected chi connectivity index (χ4v) is 2.24.